The molecule has 0 heterocycles. The average molecular weight is 422 g/mol. The summed E-state index contributed by atoms with van der Waals surface area (Å²) in [5.41, 5.74) is 1.07. The summed E-state index contributed by atoms with van der Waals surface area (Å²) in [7, 11) is 4.43. The Morgan fingerprint density at radius 1 is 1.03 bits per heavy atom. The van der Waals surface area contributed by atoms with Crippen molar-refractivity contribution in [1.29, 1.82) is 0 Å². The highest BCUT2D eigenvalue weighted by Gasteiger charge is 2.15. The van der Waals surface area contributed by atoms with Crippen molar-refractivity contribution in [3.05, 3.63) is 53.6 Å². The van der Waals surface area contributed by atoms with Crippen molar-refractivity contribution in [2.45, 2.75) is 19.6 Å². The second-order valence-corrected chi connectivity index (χ2v) is 6.32. The smallest absolute Gasteiger partial charge is 0.387 e. The molecule has 9 heteroatoms. The number of benzene rings is 2. The molecule has 2 aromatic rings. The van der Waals surface area contributed by atoms with E-state index in [0.717, 1.165) is 0 Å². The Bertz CT molecular complexity index is 876. The minimum atomic E-state index is -2.96. The molecule has 0 unspecified atom stereocenters. The Morgan fingerprint density at radius 3 is 2.40 bits per heavy atom. The van der Waals surface area contributed by atoms with Gasteiger partial charge in [0.15, 0.2) is 11.5 Å². The zero-order valence-electron chi connectivity index (χ0n) is 17.0. The van der Waals surface area contributed by atoms with Crippen LogP contribution in [0.25, 0.3) is 0 Å². The summed E-state index contributed by atoms with van der Waals surface area (Å²) >= 11 is 0. The number of rotatable bonds is 10. The number of methoxy groups -OCH3 is 2. The monoisotopic (exact) mass is 422 g/mol. The minimum Gasteiger partial charge on any atom is -0.496 e. The van der Waals surface area contributed by atoms with Gasteiger partial charge in [0.25, 0.3) is 5.91 Å². The molecule has 2 amide bonds. The highest BCUT2D eigenvalue weighted by Crippen LogP contribution is 2.29. The fourth-order valence-electron chi connectivity index (χ4n) is 2.77. The highest BCUT2D eigenvalue weighted by atomic mass is 19.3. The Morgan fingerprint density at radius 2 is 1.73 bits per heavy atom. The van der Waals surface area contributed by atoms with Gasteiger partial charge in [-0.3, -0.25) is 9.59 Å². The van der Waals surface area contributed by atoms with Gasteiger partial charge in [-0.15, -0.1) is 0 Å². The first-order chi connectivity index (χ1) is 14.3. The van der Waals surface area contributed by atoms with Gasteiger partial charge in [0.1, 0.15) is 5.75 Å². The molecule has 0 radical (unpaired) electrons. The van der Waals surface area contributed by atoms with Crippen LogP contribution in [0.1, 0.15) is 22.3 Å². The fourth-order valence-corrected chi connectivity index (χ4v) is 2.77. The molecule has 0 aliphatic heterocycles. The molecule has 0 aliphatic carbocycles. The van der Waals surface area contributed by atoms with Crippen molar-refractivity contribution in [2.24, 2.45) is 0 Å². The largest absolute Gasteiger partial charge is 0.496 e. The molecule has 2 rings (SSSR count). The summed E-state index contributed by atoms with van der Waals surface area (Å²) in [6.07, 6.45) is 0.0983. The van der Waals surface area contributed by atoms with Crippen molar-refractivity contribution < 1.29 is 32.6 Å². The molecule has 0 saturated heterocycles. The first-order valence-corrected chi connectivity index (χ1v) is 9.12. The SMILES string of the molecule is COc1cc(CN(C)C(=O)CCNC(=O)c2ccccc2OC)ccc1OC(F)F. The van der Waals surface area contributed by atoms with Gasteiger partial charge in [-0.2, -0.15) is 8.78 Å². The van der Waals surface area contributed by atoms with Crippen molar-refractivity contribution in [2.75, 3.05) is 27.8 Å². The maximum absolute atomic E-state index is 12.4. The summed E-state index contributed by atoms with van der Waals surface area (Å²) in [5.74, 6) is -0.00174. The first kappa shape index (κ1) is 22.9. The van der Waals surface area contributed by atoms with E-state index in [1.165, 1.54) is 31.3 Å². The number of carbonyl (C=O) groups is 2. The van der Waals surface area contributed by atoms with Gasteiger partial charge in [0.05, 0.1) is 19.8 Å². The molecule has 0 aromatic heterocycles. The van der Waals surface area contributed by atoms with E-state index in [4.69, 9.17) is 9.47 Å². The van der Waals surface area contributed by atoms with Crippen LogP contribution in [-0.2, 0) is 11.3 Å². The summed E-state index contributed by atoms with van der Waals surface area (Å²) in [5, 5.41) is 2.69. The number of carbonyl (C=O) groups excluding carboxylic acids is 2. The fraction of sp³-hybridized carbons (Fsp3) is 0.333. The van der Waals surface area contributed by atoms with E-state index in [2.05, 4.69) is 10.1 Å². The number of amides is 2. The molecule has 1 N–H and O–H groups in total. The molecule has 0 saturated carbocycles. The number of hydrogen-bond donors (Lipinski definition) is 1. The van der Waals surface area contributed by atoms with Crippen LogP contribution in [0.2, 0.25) is 0 Å². The number of ether oxygens (including phenoxy) is 3. The van der Waals surface area contributed by atoms with Crippen molar-refractivity contribution in [3.63, 3.8) is 0 Å². The van der Waals surface area contributed by atoms with E-state index in [1.807, 2.05) is 0 Å². The molecule has 7 nitrogen and oxygen atoms in total. The molecular formula is C21H24F2N2O5. The summed E-state index contributed by atoms with van der Waals surface area (Å²) in [6.45, 7) is -2.56. The van der Waals surface area contributed by atoms with Crippen LogP contribution in [0.15, 0.2) is 42.5 Å². The third-order valence-electron chi connectivity index (χ3n) is 4.27. The van der Waals surface area contributed by atoms with Crippen LogP contribution in [0.3, 0.4) is 0 Å². The number of hydrogen-bond acceptors (Lipinski definition) is 5. The maximum atomic E-state index is 12.4. The van der Waals surface area contributed by atoms with Crippen molar-refractivity contribution >= 4 is 11.8 Å². The number of alkyl halides is 2. The molecule has 0 atom stereocenters. The zero-order chi connectivity index (χ0) is 22.1. The Kier molecular flexibility index (Phi) is 8.40. The van der Waals surface area contributed by atoms with Gasteiger partial charge >= 0.3 is 6.61 Å². The van der Waals surface area contributed by atoms with E-state index in [1.54, 1.807) is 37.4 Å². The summed E-state index contributed by atoms with van der Waals surface area (Å²) in [6, 6.07) is 11.3. The van der Waals surface area contributed by atoms with Crippen molar-refractivity contribution in [1.82, 2.24) is 10.2 Å². The van der Waals surface area contributed by atoms with E-state index in [-0.39, 0.29) is 42.8 Å². The normalized spacial score (nSPS) is 10.5. The lowest BCUT2D eigenvalue weighted by Gasteiger charge is -2.19. The molecule has 0 aliphatic rings. The third kappa shape index (κ3) is 6.33. The predicted octanol–water partition coefficient (Wildman–Crippen LogP) is 3.08. The Balaban J connectivity index is 1.88. The van der Waals surface area contributed by atoms with Crippen LogP contribution < -0.4 is 19.5 Å². The van der Waals surface area contributed by atoms with Gasteiger partial charge in [0, 0.05) is 26.6 Å². The third-order valence-corrected chi connectivity index (χ3v) is 4.27. The summed E-state index contributed by atoms with van der Waals surface area (Å²) < 4.78 is 39.4. The Hall–Kier alpha value is -3.36. The topological polar surface area (TPSA) is 77.1 Å². The second-order valence-electron chi connectivity index (χ2n) is 6.32. The van der Waals surface area contributed by atoms with Gasteiger partial charge in [0.2, 0.25) is 5.91 Å². The quantitative estimate of drug-likeness (QED) is 0.637. The van der Waals surface area contributed by atoms with Gasteiger partial charge < -0.3 is 24.4 Å². The van der Waals surface area contributed by atoms with Crippen LogP contribution in [0, 0.1) is 0 Å². The number of nitrogens with zero attached hydrogens (tertiary/aromatic N) is 1. The highest BCUT2D eigenvalue weighted by molar-refractivity contribution is 5.97. The maximum Gasteiger partial charge on any atom is 0.387 e. The Labute approximate surface area is 173 Å². The van der Waals surface area contributed by atoms with Gasteiger partial charge in [-0.25, -0.2) is 0 Å². The molecule has 30 heavy (non-hydrogen) atoms. The second kappa shape index (κ2) is 11.0. The average Bonchev–Trinajstić information content (AvgIpc) is 2.74. The van der Waals surface area contributed by atoms with E-state index in [0.29, 0.717) is 16.9 Å². The lowest BCUT2D eigenvalue weighted by molar-refractivity contribution is -0.130. The lowest BCUT2D eigenvalue weighted by atomic mass is 10.1. The molecule has 2 aromatic carbocycles. The predicted molar refractivity (Wildman–Crippen MR) is 106 cm³/mol. The van der Waals surface area contributed by atoms with Crippen LogP contribution in [0.5, 0.6) is 17.2 Å². The lowest BCUT2D eigenvalue weighted by Crippen LogP contribution is -2.32. The molecule has 162 valence electrons. The number of nitrogens with one attached hydrogen (secondary N) is 1. The molecule has 0 fully saturated rings. The first-order valence-electron chi connectivity index (χ1n) is 9.12. The van der Waals surface area contributed by atoms with E-state index >= 15 is 0 Å². The molecule has 0 spiro atoms. The zero-order valence-corrected chi connectivity index (χ0v) is 17.0. The standard InChI is InChI=1S/C21H24F2N2O5/c1-25(13-14-8-9-17(30-21(22)23)18(12-14)29-3)19(26)10-11-24-20(27)15-6-4-5-7-16(15)28-2/h4-9,12,21H,10-11,13H2,1-3H3,(H,24,27). The van der Waals surface area contributed by atoms with E-state index < -0.39 is 6.61 Å². The molecule has 0 bridgehead atoms. The van der Waals surface area contributed by atoms with E-state index in [9.17, 15) is 18.4 Å². The van der Waals surface area contributed by atoms with Gasteiger partial charge in [-0.1, -0.05) is 18.2 Å². The molecular weight excluding hydrogens is 398 g/mol. The van der Waals surface area contributed by atoms with Gasteiger partial charge in [-0.05, 0) is 29.8 Å². The number of para-hydroxylation sites is 1. The van der Waals surface area contributed by atoms with Crippen LogP contribution in [-0.4, -0.2) is 51.1 Å². The van der Waals surface area contributed by atoms with Crippen LogP contribution in [0.4, 0.5) is 8.78 Å². The number of halogens is 2. The van der Waals surface area contributed by atoms with Crippen molar-refractivity contribution in [3.8, 4) is 17.2 Å². The minimum absolute atomic E-state index is 0.0794. The summed E-state index contributed by atoms with van der Waals surface area (Å²) in [4.78, 5) is 26.1. The van der Waals surface area contributed by atoms with Crippen LogP contribution >= 0.6 is 0 Å².